The van der Waals surface area contributed by atoms with Crippen molar-refractivity contribution in [2.24, 2.45) is 0 Å². The summed E-state index contributed by atoms with van der Waals surface area (Å²) in [6.45, 7) is 3.67. The fraction of sp³-hybridized carbons (Fsp3) is 0.125. The number of carbonyl (C=O) groups is 2. The normalized spacial score (nSPS) is 11.6. The van der Waals surface area contributed by atoms with Crippen molar-refractivity contribution in [2.75, 3.05) is 6.61 Å². The van der Waals surface area contributed by atoms with Crippen LogP contribution >= 0.6 is 0 Å². The van der Waals surface area contributed by atoms with Crippen molar-refractivity contribution >= 4 is 23.2 Å². The minimum atomic E-state index is -0.656. The summed E-state index contributed by atoms with van der Waals surface area (Å²) in [5.41, 5.74) is 0.792. The van der Waals surface area contributed by atoms with Gasteiger partial charge in [0.05, 0.1) is 0 Å². The van der Waals surface area contributed by atoms with Gasteiger partial charge in [-0.15, -0.1) is 0 Å². The highest BCUT2D eigenvalue weighted by molar-refractivity contribution is 5.87. The van der Waals surface area contributed by atoms with Gasteiger partial charge in [-0.2, -0.15) is 0 Å². The topological polar surface area (TPSA) is 52.6 Å². The molecule has 2 aromatic rings. The second kappa shape index (κ2) is 6.52. The molecule has 0 aliphatic carbocycles. The Morgan fingerprint density at radius 3 is 2.70 bits per heavy atom. The molecule has 4 heteroatoms. The van der Waals surface area contributed by atoms with Crippen LogP contribution in [0.1, 0.15) is 11.7 Å². The third-order valence-electron chi connectivity index (χ3n) is 2.91. The predicted octanol–water partition coefficient (Wildman–Crippen LogP) is 2.78. The van der Waals surface area contributed by atoms with E-state index in [0.29, 0.717) is 6.47 Å². The second-order valence-electron chi connectivity index (χ2n) is 4.13. The van der Waals surface area contributed by atoms with Gasteiger partial charge in [-0.1, -0.05) is 49.0 Å². The molecule has 0 radical (unpaired) electrons. The van der Waals surface area contributed by atoms with E-state index in [4.69, 9.17) is 9.47 Å². The van der Waals surface area contributed by atoms with Gasteiger partial charge < -0.3 is 9.47 Å². The molecule has 20 heavy (non-hydrogen) atoms. The predicted molar refractivity (Wildman–Crippen MR) is 75.0 cm³/mol. The lowest BCUT2D eigenvalue weighted by atomic mass is 10.0. The first-order valence-corrected chi connectivity index (χ1v) is 6.12. The number of carbonyl (C=O) groups excluding carboxylic acids is 2. The molecule has 0 aromatic heterocycles. The molecular formula is C16H14O4. The summed E-state index contributed by atoms with van der Waals surface area (Å²) in [6.07, 6.45) is 0.427. The average molecular weight is 270 g/mol. The summed E-state index contributed by atoms with van der Waals surface area (Å²) in [5.74, 6) is -0.558. The number of fused-ring (bicyclic) bond motifs is 1. The number of benzene rings is 2. The number of hydrogen-bond acceptors (Lipinski definition) is 4. The Hall–Kier alpha value is -2.62. The number of rotatable bonds is 6. The lowest BCUT2D eigenvalue weighted by Crippen LogP contribution is -2.15. The van der Waals surface area contributed by atoms with E-state index < -0.39 is 12.1 Å². The van der Waals surface area contributed by atoms with E-state index in [9.17, 15) is 9.59 Å². The summed E-state index contributed by atoms with van der Waals surface area (Å²) in [5, 5.41) is 1.97. The fourth-order valence-electron chi connectivity index (χ4n) is 2.03. The zero-order chi connectivity index (χ0) is 14.4. The molecule has 0 aliphatic heterocycles. The molecule has 4 nitrogen and oxygen atoms in total. The van der Waals surface area contributed by atoms with Crippen molar-refractivity contribution in [2.45, 2.75) is 6.10 Å². The molecular weight excluding hydrogens is 256 g/mol. The van der Waals surface area contributed by atoms with Crippen LogP contribution in [0.2, 0.25) is 0 Å². The Morgan fingerprint density at radius 1 is 1.20 bits per heavy atom. The molecule has 0 aliphatic rings. The van der Waals surface area contributed by atoms with Crippen LogP contribution in [0, 0.1) is 0 Å². The lowest BCUT2D eigenvalue weighted by molar-refractivity contribution is -0.149. The second-order valence-corrected chi connectivity index (χ2v) is 4.13. The standard InChI is InChI=1S/C16H14O4/c1-2-16(18)20-15(10-19-11-17)14-9-5-7-12-6-3-4-8-13(12)14/h2-9,11,15H,1,10H2. The van der Waals surface area contributed by atoms with E-state index in [-0.39, 0.29) is 6.61 Å². The van der Waals surface area contributed by atoms with E-state index in [1.165, 1.54) is 0 Å². The molecule has 0 saturated carbocycles. The average Bonchev–Trinajstić information content (AvgIpc) is 2.50. The van der Waals surface area contributed by atoms with Crippen LogP contribution in [-0.2, 0) is 19.1 Å². The lowest BCUT2D eigenvalue weighted by Gasteiger charge is -2.18. The highest BCUT2D eigenvalue weighted by Gasteiger charge is 2.18. The molecule has 2 rings (SSSR count). The number of hydrogen-bond donors (Lipinski definition) is 0. The van der Waals surface area contributed by atoms with Gasteiger partial charge in [0.2, 0.25) is 0 Å². The highest BCUT2D eigenvalue weighted by atomic mass is 16.6. The Balaban J connectivity index is 2.41. The van der Waals surface area contributed by atoms with Gasteiger partial charge in [-0.25, -0.2) is 4.79 Å². The van der Waals surface area contributed by atoms with E-state index in [2.05, 4.69) is 6.58 Å². The minimum absolute atomic E-state index is 0.0307. The summed E-state index contributed by atoms with van der Waals surface area (Å²) < 4.78 is 10.0. The first-order chi connectivity index (χ1) is 9.76. The van der Waals surface area contributed by atoms with Crippen LogP contribution in [0.3, 0.4) is 0 Å². The Kier molecular flexibility index (Phi) is 4.50. The maximum absolute atomic E-state index is 11.4. The van der Waals surface area contributed by atoms with Gasteiger partial charge in [0.1, 0.15) is 6.61 Å². The molecule has 0 N–H and O–H groups in total. The first kappa shape index (κ1) is 13.8. The van der Waals surface area contributed by atoms with Crippen molar-refractivity contribution < 1.29 is 19.1 Å². The molecule has 1 unspecified atom stereocenters. The third-order valence-corrected chi connectivity index (χ3v) is 2.91. The van der Waals surface area contributed by atoms with Crippen LogP contribution in [0.4, 0.5) is 0 Å². The number of ether oxygens (including phenoxy) is 2. The Labute approximate surface area is 116 Å². The van der Waals surface area contributed by atoms with Crippen LogP contribution in [0.5, 0.6) is 0 Å². The third kappa shape index (κ3) is 3.03. The van der Waals surface area contributed by atoms with Crippen LogP contribution in [-0.4, -0.2) is 19.0 Å². The van der Waals surface area contributed by atoms with E-state index in [1.54, 1.807) is 0 Å². The van der Waals surface area contributed by atoms with E-state index in [1.807, 2.05) is 42.5 Å². The number of esters is 1. The molecule has 102 valence electrons. The molecule has 0 heterocycles. The molecule has 0 amide bonds. The summed E-state index contributed by atoms with van der Waals surface area (Å²) in [7, 11) is 0. The smallest absolute Gasteiger partial charge is 0.330 e. The molecule has 1 atom stereocenters. The van der Waals surface area contributed by atoms with Crippen LogP contribution in [0.25, 0.3) is 10.8 Å². The maximum Gasteiger partial charge on any atom is 0.330 e. The van der Waals surface area contributed by atoms with E-state index in [0.717, 1.165) is 22.4 Å². The van der Waals surface area contributed by atoms with Gasteiger partial charge in [-0.3, -0.25) is 4.79 Å². The maximum atomic E-state index is 11.4. The Morgan fingerprint density at radius 2 is 1.95 bits per heavy atom. The van der Waals surface area contributed by atoms with Crippen molar-refractivity contribution in [3.63, 3.8) is 0 Å². The van der Waals surface area contributed by atoms with Crippen LogP contribution in [0.15, 0.2) is 55.1 Å². The van der Waals surface area contributed by atoms with Crippen molar-refractivity contribution in [1.29, 1.82) is 0 Å². The van der Waals surface area contributed by atoms with Crippen LogP contribution < -0.4 is 0 Å². The zero-order valence-corrected chi connectivity index (χ0v) is 10.8. The largest absolute Gasteiger partial charge is 0.464 e. The highest BCUT2D eigenvalue weighted by Crippen LogP contribution is 2.27. The van der Waals surface area contributed by atoms with E-state index >= 15 is 0 Å². The van der Waals surface area contributed by atoms with Gasteiger partial charge in [-0.05, 0) is 10.8 Å². The molecule has 2 aromatic carbocycles. The SMILES string of the molecule is C=CC(=O)OC(COC=O)c1cccc2ccccc12. The molecule has 0 fully saturated rings. The van der Waals surface area contributed by atoms with Crippen molar-refractivity contribution in [1.82, 2.24) is 0 Å². The van der Waals surface area contributed by atoms with Crippen molar-refractivity contribution in [3.8, 4) is 0 Å². The zero-order valence-electron chi connectivity index (χ0n) is 10.8. The molecule has 0 bridgehead atoms. The molecule has 0 spiro atoms. The van der Waals surface area contributed by atoms with Gasteiger partial charge in [0.25, 0.3) is 6.47 Å². The van der Waals surface area contributed by atoms with Gasteiger partial charge in [0.15, 0.2) is 6.10 Å². The van der Waals surface area contributed by atoms with Gasteiger partial charge >= 0.3 is 5.97 Å². The quantitative estimate of drug-likeness (QED) is 0.460. The fourth-order valence-corrected chi connectivity index (χ4v) is 2.03. The van der Waals surface area contributed by atoms with Gasteiger partial charge in [0, 0.05) is 11.6 Å². The first-order valence-electron chi connectivity index (χ1n) is 6.12. The minimum Gasteiger partial charge on any atom is -0.464 e. The summed E-state index contributed by atoms with van der Waals surface area (Å²) in [4.78, 5) is 21.8. The summed E-state index contributed by atoms with van der Waals surface area (Å²) >= 11 is 0. The molecule has 0 saturated heterocycles. The Bertz CT molecular complexity index is 628. The monoisotopic (exact) mass is 270 g/mol. The van der Waals surface area contributed by atoms with Crippen molar-refractivity contribution in [3.05, 3.63) is 60.7 Å². The summed E-state index contributed by atoms with van der Waals surface area (Å²) in [6, 6.07) is 13.4.